The Morgan fingerprint density at radius 3 is 1.72 bits per heavy atom. The Morgan fingerprint density at radius 2 is 1.17 bits per heavy atom. The zero-order valence-electron chi connectivity index (χ0n) is 33.2. The molecule has 7 unspecified atom stereocenters. The van der Waals surface area contributed by atoms with E-state index < -0.39 is 49.5 Å². The smallest absolute Gasteiger partial charge is 0.220 e. The number of nitrogens with one attached hydrogen (secondary N) is 1. The molecule has 1 aliphatic heterocycles. The number of hydrogen-bond donors (Lipinski definition) is 6. The minimum Gasteiger partial charge on any atom is -0.394 e. The van der Waals surface area contributed by atoms with Gasteiger partial charge in [0.1, 0.15) is 24.4 Å². The van der Waals surface area contributed by atoms with Gasteiger partial charge in [-0.2, -0.15) is 0 Å². The molecule has 1 amide bonds. The van der Waals surface area contributed by atoms with Crippen LogP contribution in [0.3, 0.4) is 0 Å². The molecule has 0 aromatic carbocycles. The van der Waals surface area contributed by atoms with E-state index in [0.29, 0.717) is 12.8 Å². The van der Waals surface area contributed by atoms with Gasteiger partial charge in [0.05, 0.1) is 25.4 Å². The SMILES string of the molecule is CC/C=C\C/C=C\C/C=C\C/C=C\C/C=C\CCCCCC(=O)NC(COC1OC(CO)C(O)C(O)C1O)C(O)CCCCCCCCCCCCC. The molecular weight excluding hydrogens is 670 g/mol. The maximum absolute atomic E-state index is 12.9. The Morgan fingerprint density at radius 1 is 0.660 bits per heavy atom. The normalized spacial score (nSPS) is 22.3. The second-order valence-corrected chi connectivity index (χ2v) is 14.4. The zero-order chi connectivity index (χ0) is 38.8. The molecule has 9 nitrogen and oxygen atoms in total. The van der Waals surface area contributed by atoms with E-state index in [1.54, 1.807) is 0 Å². The first-order valence-electron chi connectivity index (χ1n) is 21.0. The average molecular weight is 748 g/mol. The number of carbonyl (C=O) groups is 1. The summed E-state index contributed by atoms with van der Waals surface area (Å²) in [6.07, 6.45) is 36.5. The lowest BCUT2D eigenvalue weighted by molar-refractivity contribution is -0.302. The topological polar surface area (TPSA) is 149 Å². The highest BCUT2D eigenvalue weighted by Gasteiger charge is 2.44. The van der Waals surface area contributed by atoms with Gasteiger partial charge >= 0.3 is 0 Å². The number of hydrogen-bond acceptors (Lipinski definition) is 8. The molecule has 0 aliphatic carbocycles. The molecule has 6 N–H and O–H groups in total. The molecule has 9 heteroatoms. The molecule has 53 heavy (non-hydrogen) atoms. The van der Waals surface area contributed by atoms with Crippen LogP contribution in [0.5, 0.6) is 0 Å². The lowest BCUT2D eigenvalue weighted by atomic mass is 9.99. The largest absolute Gasteiger partial charge is 0.394 e. The lowest BCUT2D eigenvalue weighted by Gasteiger charge is -2.40. The fraction of sp³-hybridized carbons (Fsp3) is 0.750. The molecule has 306 valence electrons. The van der Waals surface area contributed by atoms with Crippen LogP contribution in [0.1, 0.15) is 155 Å². The fourth-order valence-corrected chi connectivity index (χ4v) is 6.24. The summed E-state index contributed by atoms with van der Waals surface area (Å²) in [6, 6.07) is -0.737. The molecule has 0 aromatic heterocycles. The molecular formula is C44H77NO8. The number of amides is 1. The molecule has 1 rings (SSSR count). The molecule has 1 fully saturated rings. The fourth-order valence-electron chi connectivity index (χ4n) is 6.24. The number of aliphatic hydroxyl groups is 5. The molecule has 0 radical (unpaired) electrons. The van der Waals surface area contributed by atoms with Crippen LogP contribution in [0.2, 0.25) is 0 Å². The van der Waals surface area contributed by atoms with Gasteiger partial charge in [-0.3, -0.25) is 4.79 Å². The molecule has 0 spiro atoms. The summed E-state index contributed by atoms with van der Waals surface area (Å²) < 4.78 is 11.2. The highest BCUT2D eigenvalue weighted by atomic mass is 16.7. The molecule has 1 saturated heterocycles. The van der Waals surface area contributed by atoms with E-state index in [1.165, 1.54) is 51.4 Å². The number of allylic oxidation sites excluding steroid dienone is 10. The van der Waals surface area contributed by atoms with E-state index in [4.69, 9.17) is 9.47 Å². The Kier molecular flexibility index (Phi) is 31.7. The van der Waals surface area contributed by atoms with Crippen LogP contribution in [-0.2, 0) is 14.3 Å². The van der Waals surface area contributed by atoms with Crippen LogP contribution in [0.4, 0.5) is 0 Å². The summed E-state index contributed by atoms with van der Waals surface area (Å²) in [5.74, 6) is -0.180. The van der Waals surface area contributed by atoms with Crippen molar-refractivity contribution >= 4 is 5.91 Å². The monoisotopic (exact) mass is 748 g/mol. The minimum atomic E-state index is -1.56. The average Bonchev–Trinajstić information content (AvgIpc) is 3.16. The van der Waals surface area contributed by atoms with Crippen LogP contribution < -0.4 is 5.32 Å². The van der Waals surface area contributed by atoms with Crippen molar-refractivity contribution in [2.24, 2.45) is 0 Å². The first kappa shape index (κ1) is 48.9. The van der Waals surface area contributed by atoms with Crippen molar-refractivity contribution in [3.05, 3.63) is 60.8 Å². The highest BCUT2D eigenvalue weighted by molar-refractivity contribution is 5.76. The molecule has 1 heterocycles. The number of ether oxygens (including phenoxy) is 2. The maximum Gasteiger partial charge on any atom is 0.220 e. The van der Waals surface area contributed by atoms with Crippen molar-refractivity contribution < 1.29 is 39.8 Å². The van der Waals surface area contributed by atoms with Crippen LogP contribution in [0, 0.1) is 0 Å². The predicted octanol–water partition coefficient (Wildman–Crippen LogP) is 8.05. The number of aliphatic hydroxyl groups excluding tert-OH is 5. The highest BCUT2D eigenvalue weighted by Crippen LogP contribution is 2.23. The van der Waals surface area contributed by atoms with Crippen LogP contribution in [-0.4, -0.2) is 87.5 Å². The first-order chi connectivity index (χ1) is 25.8. The quantitative estimate of drug-likeness (QED) is 0.0292. The number of carbonyl (C=O) groups excluding carboxylic acids is 1. The van der Waals surface area contributed by atoms with Crippen molar-refractivity contribution in [3.8, 4) is 0 Å². The molecule has 0 bridgehead atoms. The standard InChI is InChI=1S/C44H77NO8/c1-3-5-7-9-11-13-15-16-17-18-19-20-21-22-24-26-28-30-32-34-40(48)45-37(36-52-44-43(51)42(50)41(49)39(35-46)53-44)38(47)33-31-29-27-25-23-14-12-10-8-6-4-2/h5,7,11,13,16-17,19-20,22,24,37-39,41-44,46-47,49-51H,3-4,6,8-10,12,14-15,18,21,23,25-36H2,1-2H3,(H,45,48)/b7-5-,13-11-,17-16-,20-19-,24-22-. The van der Waals surface area contributed by atoms with Gasteiger partial charge in [0, 0.05) is 6.42 Å². The van der Waals surface area contributed by atoms with Gasteiger partial charge in [0.25, 0.3) is 0 Å². The number of rotatable bonds is 33. The van der Waals surface area contributed by atoms with E-state index >= 15 is 0 Å². The first-order valence-corrected chi connectivity index (χ1v) is 21.0. The summed E-state index contributed by atoms with van der Waals surface area (Å²) >= 11 is 0. The van der Waals surface area contributed by atoms with Gasteiger partial charge in [0.2, 0.25) is 5.91 Å². The lowest BCUT2D eigenvalue weighted by Crippen LogP contribution is -2.60. The molecule has 0 aromatic rings. The van der Waals surface area contributed by atoms with Gasteiger partial charge in [-0.05, 0) is 57.8 Å². The van der Waals surface area contributed by atoms with Gasteiger partial charge in [-0.15, -0.1) is 0 Å². The van der Waals surface area contributed by atoms with Crippen molar-refractivity contribution in [1.82, 2.24) is 5.32 Å². The van der Waals surface area contributed by atoms with Crippen LogP contribution in [0.15, 0.2) is 60.8 Å². The second-order valence-electron chi connectivity index (χ2n) is 14.4. The summed E-state index contributed by atoms with van der Waals surface area (Å²) in [7, 11) is 0. The van der Waals surface area contributed by atoms with Gasteiger partial charge in [-0.1, -0.05) is 152 Å². The molecule has 0 saturated carbocycles. The summed E-state index contributed by atoms with van der Waals surface area (Å²) in [4.78, 5) is 12.9. The third-order valence-corrected chi connectivity index (χ3v) is 9.64. The predicted molar refractivity (Wildman–Crippen MR) is 216 cm³/mol. The second kappa shape index (κ2) is 34.4. The Hall–Kier alpha value is -2.11. The molecule has 1 aliphatic rings. The van der Waals surface area contributed by atoms with Crippen LogP contribution >= 0.6 is 0 Å². The minimum absolute atomic E-state index is 0.155. The third-order valence-electron chi connectivity index (χ3n) is 9.64. The number of unbranched alkanes of at least 4 members (excludes halogenated alkanes) is 13. The van der Waals surface area contributed by atoms with Gasteiger partial charge < -0.3 is 40.3 Å². The summed E-state index contributed by atoms with van der Waals surface area (Å²) in [5, 5.41) is 54.1. The summed E-state index contributed by atoms with van der Waals surface area (Å²) in [5.41, 5.74) is 0. The van der Waals surface area contributed by atoms with E-state index in [9.17, 15) is 30.3 Å². The van der Waals surface area contributed by atoms with E-state index in [1.807, 2.05) is 0 Å². The zero-order valence-corrected chi connectivity index (χ0v) is 33.2. The van der Waals surface area contributed by atoms with Gasteiger partial charge in [-0.25, -0.2) is 0 Å². The Balaban J connectivity index is 2.40. The van der Waals surface area contributed by atoms with E-state index in [2.05, 4.69) is 79.9 Å². The van der Waals surface area contributed by atoms with Crippen molar-refractivity contribution in [1.29, 1.82) is 0 Å². The van der Waals surface area contributed by atoms with Gasteiger partial charge in [0.15, 0.2) is 6.29 Å². The van der Waals surface area contributed by atoms with Crippen molar-refractivity contribution in [2.45, 2.75) is 198 Å². The van der Waals surface area contributed by atoms with Crippen molar-refractivity contribution in [3.63, 3.8) is 0 Å². The van der Waals surface area contributed by atoms with Crippen LogP contribution in [0.25, 0.3) is 0 Å². The Bertz CT molecular complexity index is 1010. The third kappa shape index (κ3) is 25.6. The van der Waals surface area contributed by atoms with E-state index in [-0.39, 0.29) is 12.5 Å². The Labute approximate surface area is 322 Å². The summed E-state index contributed by atoms with van der Waals surface area (Å²) in [6.45, 7) is 3.66. The molecule has 7 atom stereocenters. The van der Waals surface area contributed by atoms with E-state index in [0.717, 1.165) is 77.0 Å². The maximum atomic E-state index is 12.9. The van der Waals surface area contributed by atoms with Crippen molar-refractivity contribution in [2.75, 3.05) is 13.2 Å².